The SMILES string of the molecule is NC(=O)c1cn[nH]c1.O. The van der Waals surface area contributed by atoms with E-state index in [1.807, 2.05) is 0 Å². The van der Waals surface area contributed by atoms with Gasteiger partial charge in [0.2, 0.25) is 0 Å². The van der Waals surface area contributed by atoms with Crippen LogP contribution in [0.25, 0.3) is 0 Å². The Morgan fingerprint density at radius 3 is 2.67 bits per heavy atom. The number of nitrogens with one attached hydrogen (secondary N) is 1. The maximum absolute atomic E-state index is 10.2. The minimum atomic E-state index is -0.459. The number of H-pyrrole nitrogens is 1. The Balaban J connectivity index is 0.000000640. The van der Waals surface area contributed by atoms with E-state index in [2.05, 4.69) is 10.2 Å². The molecule has 0 aliphatic carbocycles. The number of nitrogens with two attached hydrogens (primary N) is 1. The van der Waals surface area contributed by atoms with Crippen LogP contribution in [-0.2, 0) is 0 Å². The van der Waals surface area contributed by atoms with Crippen LogP contribution in [0.15, 0.2) is 12.4 Å². The lowest BCUT2D eigenvalue weighted by atomic mass is 10.4. The number of aromatic amines is 1. The molecule has 5 N–H and O–H groups in total. The van der Waals surface area contributed by atoms with Crippen LogP contribution >= 0.6 is 0 Å². The van der Waals surface area contributed by atoms with E-state index < -0.39 is 5.91 Å². The van der Waals surface area contributed by atoms with Crippen LogP contribution in [0.2, 0.25) is 0 Å². The largest absolute Gasteiger partial charge is 0.412 e. The number of hydrogen-bond donors (Lipinski definition) is 2. The number of primary amides is 1. The van der Waals surface area contributed by atoms with Crippen LogP contribution in [0.5, 0.6) is 0 Å². The summed E-state index contributed by atoms with van der Waals surface area (Å²) in [6.45, 7) is 0. The van der Waals surface area contributed by atoms with E-state index in [1.165, 1.54) is 12.4 Å². The van der Waals surface area contributed by atoms with Crippen LogP contribution in [-0.4, -0.2) is 21.6 Å². The van der Waals surface area contributed by atoms with Gasteiger partial charge in [0.15, 0.2) is 0 Å². The fourth-order valence-corrected chi connectivity index (χ4v) is 0.386. The minimum Gasteiger partial charge on any atom is -0.412 e. The number of carbonyl (C=O) groups is 1. The summed E-state index contributed by atoms with van der Waals surface area (Å²) >= 11 is 0. The van der Waals surface area contributed by atoms with Crippen molar-refractivity contribution in [2.75, 3.05) is 0 Å². The summed E-state index contributed by atoms with van der Waals surface area (Å²) in [4.78, 5) is 10.2. The summed E-state index contributed by atoms with van der Waals surface area (Å²) in [5.74, 6) is -0.459. The van der Waals surface area contributed by atoms with E-state index in [0.717, 1.165) is 0 Å². The maximum Gasteiger partial charge on any atom is 0.251 e. The molecule has 0 radical (unpaired) electrons. The summed E-state index contributed by atoms with van der Waals surface area (Å²) in [5.41, 5.74) is 5.27. The van der Waals surface area contributed by atoms with Crippen molar-refractivity contribution in [2.24, 2.45) is 5.73 Å². The molecular formula is C4H7N3O2. The summed E-state index contributed by atoms with van der Waals surface area (Å²) in [5, 5.41) is 5.98. The van der Waals surface area contributed by atoms with Gasteiger partial charge in [-0.2, -0.15) is 5.10 Å². The number of rotatable bonds is 1. The van der Waals surface area contributed by atoms with Crippen molar-refractivity contribution in [3.05, 3.63) is 18.0 Å². The topological polar surface area (TPSA) is 103 Å². The highest BCUT2D eigenvalue weighted by Gasteiger charge is 1.96. The lowest BCUT2D eigenvalue weighted by Crippen LogP contribution is -2.09. The van der Waals surface area contributed by atoms with Gasteiger partial charge in [-0.25, -0.2) is 0 Å². The standard InChI is InChI=1S/C4H5N3O.H2O/c5-4(8)3-1-6-7-2-3;/h1-2H,(H2,5,8)(H,6,7);1H2. The number of nitrogens with zero attached hydrogens (tertiary/aromatic N) is 1. The molecule has 0 saturated carbocycles. The molecule has 0 saturated heterocycles. The molecule has 9 heavy (non-hydrogen) atoms. The second-order valence-corrected chi connectivity index (χ2v) is 1.35. The molecule has 1 heterocycles. The smallest absolute Gasteiger partial charge is 0.251 e. The van der Waals surface area contributed by atoms with E-state index in [0.29, 0.717) is 5.56 Å². The predicted octanol–water partition coefficient (Wildman–Crippen LogP) is -1.32. The first-order chi connectivity index (χ1) is 3.80. The number of hydrogen-bond acceptors (Lipinski definition) is 2. The van der Waals surface area contributed by atoms with Gasteiger partial charge < -0.3 is 11.2 Å². The third kappa shape index (κ3) is 1.54. The molecule has 0 aromatic carbocycles. The summed E-state index contributed by atoms with van der Waals surface area (Å²) < 4.78 is 0. The number of carbonyl (C=O) groups excluding carboxylic acids is 1. The zero-order chi connectivity index (χ0) is 5.98. The van der Waals surface area contributed by atoms with Gasteiger partial charge in [0, 0.05) is 6.20 Å². The third-order valence-corrected chi connectivity index (χ3v) is 0.783. The molecule has 0 spiro atoms. The van der Waals surface area contributed by atoms with Gasteiger partial charge in [-0.15, -0.1) is 0 Å². The molecule has 0 fully saturated rings. The second-order valence-electron chi connectivity index (χ2n) is 1.35. The summed E-state index contributed by atoms with van der Waals surface area (Å²) in [6, 6.07) is 0. The molecule has 0 unspecified atom stereocenters. The van der Waals surface area contributed by atoms with Gasteiger partial charge in [-0.3, -0.25) is 9.89 Å². The van der Waals surface area contributed by atoms with Crippen molar-refractivity contribution in [2.45, 2.75) is 0 Å². The Morgan fingerprint density at radius 1 is 1.78 bits per heavy atom. The highest BCUT2D eigenvalue weighted by molar-refractivity contribution is 5.92. The first-order valence-corrected chi connectivity index (χ1v) is 2.09. The van der Waals surface area contributed by atoms with Gasteiger partial charge in [0.25, 0.3) is 5.91 Å². The predicted molar refractivity (Wildman–Crippen MR) is 30.7 cm³/mol. The lowest BCUT2D eigenvalue weighted by Gasteiger charge is -1.78. The fraction of sp³-hybridized carbons (Fsp3) is 0. The Labute approximate surface area is 51.2 Å². The first-order valence-electron chi connectivity index (χ1n) is 2.09. The Hall–Kier alpha value is -1.36. The molecule has 5 nitrogen and oxygen atoms in total. The summed E-state index contributed by atoms with van der Waals surface area (Å²) in [7, 11) is 0. The van der Waals surface area contributed by atoms with Crippen LogP contribution in [0.3, 0.4) is 0 Å². The van der Waals surface area contributed by atoms with Gasteiger partial charge >= 0.3 is 0 Å². The maximum atomic E-state index is 10.2. The van der Waals surface area contributed by atoms with Crippen molar-refractivity contribution < 1.29 is 10.3 Å². The third-order valence-electron chi connectivity index (χ3n) is 0.783. The fourth-order valence-electron chi connectivity index (χ4n) is 0.386. The van der Waals surface area contributed by atoms with Gasteiger partial charge in [-0.05, 0) is 0 Å². The van der Waals surface area contributed by atoms with Gasteiger partial charge in [-0.1, -0.05) is 0 Å². The zero-order valence-corrected chi connectivity index (χ0v) is 4.59. The van der Waals surface area contributed by atoms with Crippen LogP contribution < -0.4 is 5.73 Å². The van der Waals surface area contributed by atoms with E-state index in [9.17, 15) is 4.79 Å². The second kappa shape index (κ2) is 2.83. The Bertz CT molecular complexity index is 182. The Morgan fingerprint density at radius 2 is 2.44 bits per heavy atom. The lowest BCUT2D eigenvalue weighted by molar-refractivity contribution is 0.100. The number of aromatic nitrogens is 2. The average molecular weight is 129 g/mol. The molecule has 1 amide bonds. The van der Waals surface area contributed by atoms with Gasteiger partial charge in [0.05, 0.1) is 11.8 Å². The van der Waals surface area contributed by atoms with E-state index in [4.69, 9.17) is 5.73 Å². The normalized spacial score (nSPS) is 8.00. The van der Waals surface area contributed by atoms with Crippen LogP contribution in [0, 0.1) is 0 Å². The Kier molecular flexibility index (Phi) is 2.40. The molecule has 50 valence electrons. The average Bonchev–Trinajstić information content (AvgIpc) is 2.12. The molecule has 5 heteroatoms. The summed E-state index contributed by atoms with van der Waals surface area (Å²) in [6.07, 6.45) is 2.82. The van der Waals surface area contributed by atoms with Gasteiger partial charge in [0.1, 0.15) is 0 Å². The molecule has 1 aromatic rings. The highest BCUT2D eigenvalue weighted by atomic mass is 16.1. The van der Waals surface area contributed by atoms with Crippen molar-refractivity contribution in [1.29, 1.82) is 0 Å². The molecule has 0 aliphatic rings. The minimum absolute atomic E-state index is 0. The quantitative estimate of drug-likeness (QED) is 0.491. The molecule has 0 bridgehead atoms. The molecule has 1 aromatic heterocycles. The van der Waals surface area contributed by atoms with E-state index in [-0.39, 0.29) is 5.48 Å². The van der Waals surface area contributed by atoms with Crippen LogP contribution in [0.1, 0.15) is 10.4 Å². The van der Waals surface area contributed by atoms with Crippen LogP contribution in [0.4, 0.5) is 0 Å². The highest BCUT2D eigenvalue weighted by Crippen LogP contribution is 1.88. The van der Waals surface area contributed by atoms with Crippen molar-refractivity contribution >= 4 is 5.91 Å². The van der Waals surface area contributed by atoms with Crippen molar-refractivity contribution in [3.63, 3.8) is 0 Å². The molecule has 1 rings (SSSR count). The molecule has 0 atom stereocenters. The molecule has 0 aliphatic heterocycles. The van der Waals surface area contributed by atoms with E-state index in [1.54, 1.807) is 0 Å². The zero-order valence-electron chi connectivity index (χ0n) is 4.59. The monoisotopic (exact) mass is 129 g/mol. The van der Waals surface area contributed by atoms with E-state index >= 15 is 0 Å². The van der Waals surface area contributed by atoms with Crippen molar-refractivity contribution in [1.82, 2.24) is 10.2 Å². The first kappa shape index (κ1) is 7.64. The number of amides is 1. The van der Waals surface area contributed by atoms with Crippen molar-refractivity contribution in [3.8, 4) is 0 Å². The molecular weight excluding hydrogens is 122 g/mol.